The first kappa shape index (κ1) is 26.2. The van der Waals surface area contributed by atoms with E-state index in [0.717, 1.165) is 32.4 Å². The van der Waals surface area contributed by atoms with Crippen LogP contribution in [0.2, 0.25) is 0 Å². The van der Waals surface area contributed by atoms with Gasteiger partial charge in [-0.15, -0.1) is 6.58 Å². The number of nitrogens with zero attached hydrogens (tertiary/aromatic N) is 1. The molecule has 0 N–H and O–H groups in total. The Hall–Kier alpha value is -2.87. The number of aryl methyl sites for hydroxylation is 1. The lowest BCUT2D eigenvalue weighted by Gasteiger charge is -2.17. The first-order valence-electron chi connectivity index (χ1n) is 11.5. The van der Waals surface area contributed by atoms with Crippen LogP contribution < -0.4 is 14.4 Å². The highest BCUT2D eigenvalue weighted by Gasteiger charge is 2.33. The fraction of sp³-hybridized carbons (Fsp3) is 0.172. The quantitative estimate of drug-likeness (QED) is 0.146. The lowest BCUT2D eigenvalue weighted by atomic mass is 10.0. The van der Waals surface area contributed by atoms with Crippen LogP contribution in [0, 0.1) is 6.92 Å². The summed E-state index contributed by atoms with van der Waals surface area (Å²) < 4.78 is 13.7. The molecule has 0 spiro atoms. The molecule has 0 aliphatic carbocycles. The van der Waals surface area contributed by atoms with Crippen LogP contribution in [0.4, 0.5) is 5.69 Å². The molecule has 3 aromatic rings. The topological polar surface area (TPSA) is 38.8 Å². The highest BCUT2D eigenvalue weighted by Crippen LogP contribution is 2.39. The minimum Gasteiger partial charge on any atom is -0.490 e. The lowest BCUT2D eigenvalue weighted by Crippen LogP contribution is -2.27. The van der Waals surface area contributed by atoms with Gasteiger partial charge in [0.15, 0.2) is 15.8 Å². The summed E-state index contributed by atoms with van der Waals surface area (Å²) >= 11 is 10.3. The first-order chi connectivity index (χ1) is 17.4. The maximum absolute atomic E-state index is 13.3. The van der Waals surface area contributed by atoms with Crippen LogP contribution in [0.1, 0.15) is 29.2 Å². The monoisotopic (exact) mass is 579 g/mol. The Morgan fingerprint density at radius 3 is 2.47 bits per heavy atom. The molecule has 4 rings (SSSR count). The van der Waals surface area contributed by atoms with Crippen molar-refractivity contribution in [2.45, 2.75) is 26.9 Å². The summed E-state index contributed by atoms with van der Waals surface area (Å²) in [5, 5.41) is 0. The van der Waals surface area contributed by atoms with Crippen molar-refractivity contribution in [3.8, 4) is 11.5 Å². The number of halogens is 1. The van der Waals surface area contributed by atoms with Gasteiger partial charge in [0.1, 0.15) is 6.61 Å². The van der Waals surface area contributed by atoms with Crippen LogP contribution in [0.5, 0.6) is 11.5 Å². The molecule has 0 aromatic heterocycles. The van der Waals surface area contributed by atoms with E-state index in [1.54, 1.807) is 4.90 Å². The molecule has 0 saturated carbocycles. The zero-order chi connectivity index (χ0) is 25.7. The second kappa shape index (κ2) is 11.9. The third kappa shape index (κ3) is 6.09. The Balaban J connectivity index is 1.65. The third-order valence-electron chi connectivity index (χ3n) is 5.50. The number of hydrogen-bond donors (Lipinski definition) is 0. The number of rotatable bonds is 9. The molecule has 0 bridgehead atoms. The maximum atomic E-state index is 13.3. The number of thioether (sulfide) groups is 1. The van der Waals surface area contributed by atoms with Crippen LogP contribution in [0.15, 0.2) is 82.7 Å². The molecule has 4 nitrogen and oxygen atoms in total. The molecular weight excluding hydrogens is 554 g/mol. The minimum atomic E-state index is -0.132. The van der Waals surface area contributed by atoms with Crippen LogP contribution in [-0.2, 0) is 17.8 Å². The SMILES string of the molecule is C=CCc1cc(/C=C2/SC(=S)N(c3ccc(C)cc3)C2=O)cc(OCC)c1OCc1ccc(Br)cc1. The molecule has 36 heavy (non-hydrogen) atoms. The molecule has 1 amide bonds. The molecule has 1 fully saturated rings. The second-order valence-electron chi connectivity index (χ2n) is 8.20. The van der Waals surface area contributed by atoms with Gasteiger partial charge in [-0.25, -0.2) is 0 Å². The van der Waals surface area contributed by atoms with Gasteiger partial charge >= 0.3 is 0 Å². The molecule has 3 aromatic carbocycles. The Morgan fingerprint density at radius 1 is 1.08 bits per heavy atom. The van der Waals surface area contributed by atoms with Crippen molar-refractivity contribution in [2.75, 3.05) is 11.5 Å². The molecule has 1 aliphatic rings. The molecule has 0 atom stereocenters. The second-order valence-corrected chi connectivity index (χ2v) is 10.8. The highest BCUT2D eigenvalue weighted by atomic mass is 79.9. The smallest absolute Gasteiger partial charge is 0.270 e. The number of thiocarbonyl (C=S) groups is 1. The maximum Gasteiger partial charge on any atom is 0.270 e. The van der Waals surface area contributed by atoms with E-state index in [1.165, 1.54) is 11.8 Å². The lowest BCUT2D eigenvalue weighted by molar-refractivity contribution is -0.113. The largest absolute Gasteiger partial charge is 0.490 e. The van der Waals surface area contributed by atoms with Crippen molar-refractivity contribution < 1.29 is 14.3 Å². The van der Waals surface area contributed by atoms with Crippen molar-refractivity contribution in [3.63, 3.8) is 0 Å². The van der Waals surface area contributed by atoms with Crippen LogP contribution in [0.3, 0.4) is 0 Å². The number of carbonyl (C=O) groups is 1. The Morgan fingerprint density at radius 2 is 1.81 bits per heavy atom. The summed E-state index contributed by atoms with van der Waals surface area (Å²) in [5.41, 5.74) is 4.73. The van der Waals surface area contributed by atoms with E-state index in [4.69, 9.17) is 21.7 Å². The van der Waals surface area contributed by atoms with E-state index < -0.39 is 0 Å². The number of amides is 1. The molecule has 7 heteroatoms. The van der Waals surface area contributed by atoms with Gasteiger partial charge in [0, 0.05) is 10.0 Å². The molecule has 1 heterocycles. The fourth-order valence-electron chi connectivity index (χ4n) is 3.77. The third-order valence-corrected chi connectivity index (χ3v) is 7.33. The number of benzene rings is 3. The predicted octanol–water partition coefficient (Wildman–Crippen LogP) is 7.87. The highest BCUT2D eigenvalue weighted by molar-refractivity contribution is 9.10. The zero-order valence-corrected chi connectivity index (χ0v) is 23.3. The molecule has 0 radical (unpaired) electrons. The Bertz CT molecular complexity index is 1320. The number of anilines is 1. The summed E-state index contributed by atoms with van der Waals surface area (Å²) in [7, 11) is 0. The van der Waals surface area contributed by atoms with Crippen LogP contribution in [0.25, 0.3) is 6.08 Å². The van der Waals surface area contributed by atoms with Crippen molar-refractivity contribution in [3.05, 3.63) is 105 Å². The van der Waals surface area contributed by atoms with E-state index in [1.807, 2.05) is 86.7 Å². The number of allylic oxidation sites excluding steroid dienone is 1. The molecular formula is C29H26BrNO3S2. The van der Waals surface area contributed by atoms with Gasteiger partial charge in [0.2, 0.25) is 0 Å². The van der Waals surface area contributed by atoms with Crippen LogP contribution >= 0.6 is 39.9 Å². The van der Waals surface area contributed by atoms with Crippen molar-refractivity contribution in [1.29, 1.82) is 0 Å². The molecule has 1 aliphatic heterocycles. The number of carbonyl (C=O) groups excluding carboxylic acids is 1. The summed E-state index contributed by atoms with van der Waals surface area (Å²) in [6.45, 7) is 8.75. The van der Waals surface area contributed by atoms with E-state index in [2.05, 4.69) is 22.5 Å². The van der Waals surface area contributed by atoms with Crippen molar-refractivity contribution in [2.24, 2.45) is 0 Å². The molecule has 184 valence electrons. The van der Waals surface area contributed by atoms with Gasteiger partial charge in [-0.2, -0.15) is 0 Å². The van der Waals surface area contributed by atoms with E-state index in [9.17, 15) is 4.79 Å². The summed E-state index contributed by atoms with van der Waals surface area (Å²) in [4.78, 5) is 15.4. The standard InChI is InChI=1S/C29H26BrNO3S2/c1-4-6-22-15-21(16-25(33-5-2)27(22)34-18-20-9-11-23(30)12-10-20)17-26-28(32)31(29(35)36-26)24-13-7-19(3)8-14-24/h4,7-17H,1,5-6,18H2,2-3H3/b26-17+. The minimum absolute atomic E-state index is 0.132. The van der Waals surface area contributed by atoms with E-state index in [0.29, 0.717) is 40.4 Å². The number of hydrogen-bond acceptors (Lipinski definition) is 5. The van der Waals surface area contributed by atoms with Crippen LogP contribution in [-0.4, -0.2) is 16.8 Å². The van der Waals surface area contributed by atoms with Gasteiger partial charge in [0.25, 0.3) is 5.91 Å². The normalized spacial score (nSPS) is 14.4. The zero-order valence-electron chi connectivity index (χ0n) is 20.1. The van der Waals surface area contributed by atoms with Gasteiger partial charge in [0.05, 0.1) is 17.2 Å². The van der Waals surface area contributed by atoms with E-state index in [-0.39, 0.29) is 5.91 Å². The van der Waals surface area contributed by atoms with E-state index >= 15 is 0 Å². The Kier molecular flexibility index (Phi) is 8.67. The molecule has 0 unspecified atom stereocenters. The van der Waals surface area contributed by atoms with Crippen molar-refractivity contribution in [1.82, 2.24) is 0 Å². The first-order valence-corrected chi connectivity index (χ1v) is 13.5. The fourth-order valence-corrected chi connectivity index (χ4v) is 5.34. The average Bonchev–Trinajstić information content (AvgIpc) is 3.13. The average molecular weight is 581 g/mol. The van der Waals surface area contributed by atoms with Crippen molar-refractivity contribution >= 4 is 61.9 Å². The number of ether oxygens (including phenoxy) is 2. The van der Waals surface area contributed by atoms with Gasteiger partial charge in [-0.05, 0) is 73.9 Å². The Labute approximate surface area is 230 Å². The summed E-state index contributed by atoms with van der Waals surface area (Å²) in [6, 6.07) is 19.7. The summed E-state index contributed by atoms with van der Waals surface area (Å²) in [6.07, 6.45) is 4.29. The summed E-state index contributed by atoms with van der Waals surface area (Å²) in [5.74, 6) is 1.19. The van der Waals surface area contributed by atoms with Gasteiger partial charge in [-0.1, -0.05) is 75.8 Å². The molecule has 1 saturated heterocycles. The van der Waals surface area contributed by atoms with Gasteiger partial charge < -0.3 is 9.47 Å². The predicted molar refractivity (Wildman–Crippen MR) is 157 cm³/mol. The van der Waals surface area contributed by atoms with Gasteiger partial charge in [-0.3, -0.25) is 9.69 Å².